The summed E-state index contributed by atoms with van der Waals surface area (Å²) in [7, 11) is 0. The Morgan fingerprint density at radius 2 is 2.24 bits per heavy atom. The highest BCUT2D eigenvalue weighted by atomic mass is 35.5. The number of hydrogen-bond donors (Lipinski definition) is 0. The third kappa shape index (κ3) is 2.46. The highest BCUT2D eigenvalue weighted by molar-refractivity contribution is 8.01. The van der Waals surface area contributed by atoms with Crippen molar-refractivity contribution in [3.63, 3.8) is 0 Å². The van der Waals surface area contributed by atoms with Crippen molar-refractivity contribution in [2.75, 3.05) is 0 Å². The quantitative estimate of drug-likeness (QED) is 0.800. The topological polar surface area (TPSA) is 38.7 Å². The van der Waals surface area contributed by atoms with Crippen molar-refractivity contribution in [1.29, 1.82) is 0 Å². The summed E-state index contributed by atoms with van der Waals surface area (Å²) in [5.41, 5.74) is 0.941. The first-order valence-electron chi connectivity index (χ1n) is 5.35. The Balaban J connectivity index is 1.96. The first-order valence-corrected chi connectivity index (χ1v) is 7.43. The summed E-state index contributed by atoms with van der Waals surface area (Å²) < 4.78 is 0.990. The average molecular weight is 284 g/mol. The molecular weight excluding hydrogens is 274 g/mol. The van der Waals surface area contributed by atoms with Crippen molar-refractivity contribution in [3.8, 4) is 0 Å². The number of halogens is 1. The Bertz CT molecular complexity index is 538. The fourth-order valence-corrected chi connectivity index (χ4v) is 3.31. The van der Waals surface area contributed by atoms with Crippen LogP contribution in [0.15, 0.2) is 20.9 Å². The van der Waals surface area contributed by atoms with Crippen LogP contribution in [0.25, 0.3) is 0 Å². The van der Waals surface area contributed by atoms with Crippen molar-refractivity contribution in [3.05, 3.63) is 28.1 Å². The van der Waals surface area contributed by atoms with E-state index in [4.69, 9.17) is 11.6 Å². The lowest BCUT2D eigenvalue weighted by Crippen LogP contribution is -1.98. The van der Waals surface area contributed by atoms with Gasteiger partial charge in [0.15, 0.2) is 4.34 Å². The van der Waals surface area contributed by atoms with Gasteiger partial charge in [-0.3, -0.25) is 0 Å². The van der Waals surface area contributed by atoms with Gasteiger partial charge in [0.05, 0.1) is 0 Å². The molecule has 88 valence electrons. The molecular formula is C11H10ClN3S2. The van der Waals surface area contributed by atoms with Gasteiger partial charge < -0.3 is 0 Å². The molecule has 2 aromatic rings. The van der Waals surface area contributed by atoms with Crippen LogP contribution in [-0.4, -0.2) is 15.0 Å². The van der Waals surface area contributed by atoms with E-state index in [1.807, 2.05) is 12.3 Å². The molecule has 0 saturated heterocycles. The van der Waals surface area contributed by atoms with Gasteiger partial charge in [-0.2, -0.15) is 0 Å². The van der Waals surface area contributed by atoms with Crippen LogP contribution >= 0.6 is 34.7 Å². The number of aromatic nitrogens is 3. The van der Waals surface area contributed by atoms with Crippen molar-refractivity contribution in [2.24, 2.45) is 0 Å². The van der Waals surface area contributed by atoms with Gasteiger partial charge in [-0.25, -0.2) is 15.0 Å². The molecule has 1 fully saturated rings. The third-order valence-electron chi connectivity index (χ3n) is 2.60. The molecule has 0 aromatic carbocycles. The smallest absolute Gasteiger partial charge is 0.156 e. The molecule has 1 aliphatic carbocycles. The highest BCUT2D eigenvalue weighted by Gasteiger charge is 2.28. The van der Waals surface area contributed by atoms with Gasteiger partial charge in [0.1, 0.15) is 16.0 Å². The number of hydrogen-bond acceptors (Lipinski definition) is 5. The summed E-state index contributed by atoms with van der Waals surface area (Å²) in [6.45, 7) is 1.95. The van der Waals surface area contributed by atoms with Crippen molar-refractivity contribution in [2.45, 2.75) is 35.0 Å². The molecule has 0 atom stereocenters. The minimum absolute atomic E-state index is 0.517. The SMILES string of the molecule is Cc1c(Cl)nc(C2CC2)nc1Sc1nccs1. The van der Waals surface area contributed by atoms with E-state index in [0.717, 1.165) is 20.8 Å². The Morgan fingerprint density at radius 1 is 1.41 bits per heavy atom. The molecule has 0 spiro atoms. The van der Waals surface area contributed by atoms with E-state index in [1.165, 1.54) is 12.8 Å². The largest absolute Gasteiger partial charge is 0.238 e. The van der Waals surface area contributed by atoms with Crippen LogP contribution in [0.5, 0.6) is 0 Å². The molecule has 6 heteroatoms. The lowest BCUT2D eigenvalue weighted by Gasteiger charge is -2.06. The minimum Gasteiger partial charge on any atom is -0.238 e. The maximum absolute atomic E-state index is 6.15. The van der Waals surface area contributed by atoms with Crippen LogP contribution in [-0.2, 0) is 0 Å². The third-order valence-corrected chi connectivity index (χ3v) is 4.94. The molecule has 0 N–H and O–H groups in total. The first-order chi connectivity index (χ1) is 8.24. The minimum atomic E-state index is 0.517. The molecule has 0 unspecified atom stereocenters. The summed E-state index contributed by atoms with van der Waals surface area (Å²) in [4.78, 5) is 13.2. The van der Waals surface area contributed by atoms with Crippen molar-refractivity contribution >= 4 is 34.7 Å². The molecule has 2 heterocycles. The zero-order valence-electron chi connectivity index (χ0n) is 9.18. The van der Waals surface area contributed by atoms with E-state index >= 15 is 0 Å². The molecule has 0 bridgehead atoms. The maximum atomic E-state index is 6.15. The lowest BCUT2D eigenvalue weighted by molar-refractivity contribution is 0.861. The first kappa shape index (κ1) is 11.4. The molecule has 0 radical (unpaired) electrons. The van der Waals surface area contributed by atoms with Crippen molar-refractivity contribution in [1.82, 2.24) is 15.0 Å². The van der Waals surface area contributed by atoms with Gasteiger partial charge in [-0.05, 0) is 31.5 Å². The standard InChI is InChI=1S/C11H10ClN3S2/c1-6-8(12)14-9(7-2-3-7)15-10(6)17-11-13-4-5-16-11/h4-5,7H,2-3H2,1H3. The summed E-state index contributed by atoms with van der Waals surface area (Å²) in [5, 5.41) is 3.46. The molecule has 17 heavy (non-hydrogen) atoms. The summed E-state index contributed by atoms with van der Waals surface area (Å²) in [6.07, 6.45) is 4.16. The Labute approximate surface area is 113 Å². The van der Waals surface area contributed by atoms with Crippen LogP contribution < -0.4 is 0 Å². The predicted octanol–water partition coefficient (Wildman–Crippen LogP) is 3.92. The average Bonchev–Trinajstić information content (AvgIpc) is 3.04. The van der Waals surface area contributed by atoms with Crippen molar-refractivity contribution < 1.29 is 0 Å². The van der Waals surface area contributed by atoms with Crippen LogP contribution in [0.2, 0.25) is 5.15 Å². The van der Waals surface area contributed by atoms with Gasteiger partial charge >= 0.3 is 0 Å². The van der Waals surface area contributed by atoms with Crippen LogP contribution in [0.3, 0.4) is 0 Å². The molecule has 0 aliphatic heterocycles. The lowest BCUT2D eigenvalue weighted by atomic mass is 10.3. The maximum Gasteiger partial charge on any atom is 0.156 e. The fraction of sp³-hybridized carbons (Fsp3) is 0.364. The Hall–Kier alpha value is -0.650. The van der Waals surface area contributed by atoms with Crippen LogP contribution in [0.4, 0.5) is 0 Å². The van der Waals surface area contributed by atoms with Gasteiger partial charge in [0.2, 0.25) is 0 Å². The molecule has 2 aromatic heterocycles. The van der Waals surface area contributed by atoms with Gasteiger partial charge in [-0.1, -0.05) is 11.6 Å². The molecule has 1 aliphatic rings. The van der Waals surface area contributed by atoms with Gasteiger partial charge in [0.25, 0.3) is 0 Å². The molecule has 3 nitrogen and oxygen atoms in total. The summed E-state index contributed by atoms with van der Waals surface area (Å²) in [5.74, 6) is 1.41. The Kier molecular flexibility index (Phi) is 3.06. The van der Waals surface area contributed by atoms with Gasteiger partial charge in [-0.15, -0.1) is 11.3 Å². The van der Waals surface area contributed by atoms with Gasteiger partial charge in [0, 0.05) is 23.1 Å². The zero-order valence-corrected chi connectivity index (χ0v) is 11.6. The second-order valence-electron chi connectivity index (χ2n) is 3.98. The van der Waals surface area contributed by atoms with E-state index < -0.39 is 0 Å². The fourth-order valence-electron chi connectivity index (χ4n) is 1.45. The number of rotatable bonds is 3. The van der Waals surface area contributed by atoms with E-state index in [-0.39, 0.29) is 0 Å². The predicted molar refractivity (Wildman–Crippen MR) is 70.0 cm³/mol. The van der Waals surface area contributed by atoms with E-state index in [2.05, 4.69) is 15.0 Å². The summed E-state index contributed by atoms with van der Waals surface area (Å²) >= 11 is 9.33. The molecule has 1 saturated carbocycles. The molecule has 0 amide bonds. The van der Waals surface area contributed by atoms with E-state index in [9.17, 15) is 0 Å². The van der Waals surface area contributed by atoms with Crippen LogP contribution in [0, 0.1) is 6.92 Å². The Morgan fingerprint density at radius 3 is 2.88 bits per heavy atom. The highest BCUT2D eigenvalue weighted by Crippen LogP contribution is 2.40. The second-order valence-corrected chi connectivity index (χ2v) is 6.47. The number of nitrogens with zero attached hydrogens (tertiary/aromatic N) is 3. The molecule has 3 rings (SSSR count). The van der Waals surface area contributed by atoms with Crippen LogP contribution in [0.1, 0.15) is 30.1 Å². The van der Waals surface area contributed by atoms with E-state index in [0.29, 0.717) is 11.1 Å². The monoisotopic (exact) mass is 283 g/mol. The zero-order chi connectivity index (χ0) is 11.8. The normalized spacial score (nSPS) is 15.2. The summed E-state index contributed by atoms with van der Waals surface area (Å²) in [6, 6.07) is 0. The van der Waals surface area contributed by atoms with E-state index in [1.54, 1.807) is 29.3 Å². The second kappa shape index (κ2) is 4.55. The number of thiazole rings is 1.